The van der Waals surface area contributed by atoms with E-state index in [1.165, 1.54) is 0 Å². The van der Waals surface area contributed by atoms with E-state index >= 15 is 0 Å². The summed E-state index contributed by atoms with van der Waals surface area (Å²) in [6.07, 6.45) is 0.651. The van der Waals surface area contributed by atoms with Gasteiger partial charge < -0.3 is 11.1 Å². The van der Waals surface area contributed by atoms with Crippen LogP contribution in [0.2, 0.25) is 0 Å². The molecule has 0 bridgehead atoms. The Kier molecular flexibility index (Phi) is 5.30. The minimum Gasteiger partial charge on any atom is -0.355 e. The first-order valence-electron chi connectivity index (χ1n) is 5.78. The summed E-state index contributed by atoms with van der Waals surface area (Å²) in [4.78, 5) is 11.2. The maximum Gasteiger partial charge on any atom is 0.233 e. The number of carbonyl (C=O) groups is 1. The van der Waals surface area contributed by atoms with Crippen molar-refractivity contribution in [3.63, 3.8) is 0 Å². The van der Waals surface area contributed by atoms with Gasteiger partial charge in [0.15, 0.2) is 9.84 Å². The SMILES string of the molecule is CCS(=O)(=O)c1ccc(CCNC(=O)CN)cc1. The van der Waals surface area contributed by atoms with Crippen LogP contribution in [0.15, 0.2) is 29.2 Å². The van der Waals surface area contributed by atoms with Crippen molar-refractivity contribution in [2.75, 3.05) is 18.8 Å². The highest BCUT2D eigenvalue weighted by Crippen LogP contribution is 2.12. The summed E-state index contributed by atoms with van der Waals surface area (Å²) in [7, 11) is -3.14. The van der Waals surface area contributed by atoms with Gasteiger partial charge in [-0.1, -0.05) is 19.1 Å². The van der Waals surface area contributed by atoms with Crippen LogP contribution in [0, 0.1) is 0 Å². The fraction of sp³-hybridized carbons (Fsp3) is 0.417. The van der Waals surface area contributed by atoms with Gasteiger partial charge in [-0.05, 0) is 24.1 Å². The standard InChI is InChI=1S/C12H18N2O3S/c1-2-18(16,17)11-5-3-10(4-6-11)7-8-14-12(15)9-13/h3-6H,2,7-9,13H2,1H3,(H,14,15). The van der Waals surface area contributed by atoms with E-state index in [0.29, 0.717) is 17.9 Å². The summed E-state index contributed by atoms with van der Waals surface area (Å²) in [5, 5.41) is 2.65. The molecule has 18 heavy (non-hydrogen) atoms. The van der Waals surface area contributed by atoms with E-state index in [-0.39, 0.29) is 18.2 Å². The molecule has 0 aliphatic heterocycles. The summed E-state index contributed by atoms with van der Waals surface area (Å²) in [6, 6.07) is 6.71. The van der Waals surface area contributed by atoms with E-state index in [1.807, 2.05) is 0 Å². The number of hydrogen-bond donors (Lipinski definition) is 2. The summed E-state index contributed by atoms with van der Waals surface area (Å²) < 4.78 is 23.2. The highest BCUT2D eigenvalue weighted by molar-refractivity contribution is 7.91. The Morgan fingerprint density at radius 3 is 2.39 bits per heavy atom. The van der Waals surface area contributed by atoms with Crippen LogP contribution in [0.5, 0.6) is 0 Å². The first-order chi connectivity index (χ1) is 8.49. The van der Waals surface area contributed by atoms with Crippen molar-refractivity contribution in [3.8, 4) is 0 Å². The molecule has 0 aliphatic carbocycles. The fourth-order valence-corrected chi connectivity index (χ4v) is 2.33. The molecule has 3 N–H and O–H groups in total. The summed E-state index contributed by atoms with van der Waals surface area (Å²) in [6.45, 7) is 2.09. The van der Waals surface area contributed by atoms with E-state index in [0.717, 1.165) is 5.56 Å². The predicted octanol–water partition coefficient (Wildman–Crippen LogP) is 0.0976. The molecule has 1 rings (SSSR count). The second-order valence-electron chi connectivity index (χ2n) is 3.85. The zero-order valence-electron chi connectivity index (χ0n) is 10.3. The van der Waals surface area contributed by atoms with E-state index in [4.69, 9.17) is 5.73 Å². The van der Waals surface area contributed by atoms with Crippen molar-refractivity contribution in [1.29, 1.82) is 0 Å². The molecule has 0 unspecified atom stereocenters. The van der Waals surface area contributed by atoms with Gasteiger partial charge in [-0.3, -0.25) is 4.79 Å². The number of amides is 1. The average Bonchev–Trinajstić information content (AvgIpc) is 2.39. The van der Waals surface area contributed by atoms with Gasteiger partial charge in [0.2, 0.25) is 5.91 Å². The topological polar surface area (TPSA) is 89.3 Å². The number of carbonyl (C=O) groups excluding carboxylic acids is 1. The van der Waals surface area contributed by atoms with E-state index < -0.39 is 9.84 Å². The van der Waals surface area contributed by atoms with E-state index in [2.05, 4.69) is 5.32 Å². The molecule has 5 nitrogen and oxygen atoms in total. The largest absolute Gasteiger partial charge is 0.355 e. The van der Waals surface area contributed by atoms with Crippen molar-refractivity contribution >= 4 is 15.7 Å². The highest BCUT2D eigenvalue weighted by atomic mass is 32.2. The lowest BCUT2D eigenvalue weighted by atomic mass is 10.1. The molecule has 0 aromatic heterocycles. The second kappa shape index (κ2) is 6.51. The number of benzene rings is 1. The van der Waals surface area contributed by atoms with Gasteiger partial charge in [0.25, 0.3) is 0 Å². The zero-order valence-corrected chi connectivity index (χ0v) is 11.2. The Bertz CT molecular complexity index is 495. The van der Waals surface area contributed by atoms with Crippen molar-refractivity contribution in [2.24, 2.45) is 5.73 Å². The molecular weight excluding hydrogens is 252 g/mol. The lowest BCUT2D eigenvalue weighted by Gasteiger charge is -2.05. The lowest BCUT2D eigenvalue weighted by molar-refractivity contribution is -0.119. The fourth-order valence-electron chi connectivity index (χ4n) is 1.45. The molecular formula is C12H18N2O3S. The van der Waals surface area contributed by atoms with Crippen LogP contribution in [-0.2, 0) is 21.1 Å². The minimum atomic E-state index is -3.14. The molecule has 0 atom stereocenters. The van der Waals surface area contributed by atoms with Crippen molar-refractivity contribution in [1.82, 2.24) is 5.32 Å². The first kappa shape index (κ1) is 14.7. The van der Waals surface area contributed by atoms with Gasteiger partial charge in [0.1, 0.15) is 0 Å². The van der Waals surface area contributed by atoms with Crippen molar-refractivity contribution in [3.05, 3.63) is 29.8 Å². The number of nitrogens with two attached hydrogens (primary N) is 1. The Labute approximate surface area is 107 Å². The molecule has 0 aliphatic rings. The third kappa shape index (κ3) is 4.12. The molecule has 1 aromatic rings. The average molecular weight is 270 g/mol. The number of rotatable bonds is 6. The maximum atomic E-state index is 11.6. The lowest BCUT2D eigenvalue weighted by Crippen LogP contribution is -2.31. The van der Waals surface area contributed by atoms with Crippen molar-refractivity contribution < 1.29 is 13.2 Å². The normalized spacial score (nSPS) is 11.2. The van der Waals surface area contributed by atoms with E-state index in [1.54, 1.807) is 31.2 Å². The van der Waals surface area contributed by atoms with Crippen LogP contribution < -0.4 is 11.1 Å². The van der Waals surface area contributed by atoms with Gasteiger partial charge in [-0.2, -0.15) is 0 Å². The van der Waals surface area contributed by atoms with Crippen LogP contribution in [0.3, 0.4) is 0 Å². The minimum absolute atomic E-state index is 0.0202. The van der Waals surface area contributed by atoms with Gasteiger partial charge in [-0.25, -0.2) is 8.42 Å². The van der Waals surface area contributed by atoms with Gasteiger partial charge >= 0.3 is 0 Å². The van der Waals surface area contributed by atoms with Crippen LogP contribution in [0.4, 0.5) is 0 Å². The number of hydrogen-bond acceptors (Lipinski definition) is 4. The number of sulfone groups is 1. The molecule has 1 amide bonds. The van der Waals surface area contributed by atoms with Gasteiger partial charge in [0.05, 0.1) is 17.2 Å². The molecule has 0 saturated carbocycles. The van der Waals surface area contributed by atoms with E-state index in [9.17, 15) is 13.2 Å². The molecule has 6 heteroatoms. The third-order valence-electron chi connectivity index (χ3n) is 2.58. The Morgan fingerprint density at radius 2 is 1.89 bits per heavy atom. The molecule has 100 valence electrons. The van der Waals surface area contributed by atoms with Crippen molar-refractivity contribution in [2.45, 2.75) is 18.2 Å². The molecule has 0 saturated heterocycles. The summed E-state index contributed by atoms with van der Waals surface area (Å²) in [5.74, 6) is -0.0981. The second-order valence-corrected chi connectivity index (χ2v) is 6.13. The number of nitrogens with one attached hydrogen (secondary N) is 1. The predicted molar refractivity (Wildman–Crippen MR) is 69.9 cm³/mol. The van der Waals surface area contributed by atoms with Crippen LogP contribution in [-0.4, -0.2) is 33.2 Å². The smallest absolute Gasteiger partial charge is 0.233 e. The third-order valence-corrected chi connectivity index (χ3v) is 4.33. The first-order valence-corrected chi connectivity index (χ1v) is 7.43. The Hall–Kier alpha value is -1.40. The maximum absolute atomic E-state index is 11.6. The monoisotopic (exact) mass is 270 g/mol. The zero-order chi connectivity index (χ0) is 13.6. The molecule has 1 aromatic carbocycles. The highest BCUT2D eigenvalue weighted by Gasteiger charge is 2.10. The summed E-state index contributed by atoms with van der Waals surface area (Å²) in [5.41, 5.74) is 6.13. The summed E-state index contributed by atoms with van der Waals surface area (Å²) >= 11 is 0. The van der Waals surface area contributed by atoms with Gasteiger partial charge in [-0.15, -0.1) is 0 Å². The van der Waals surface area contributed by atoms with Crippen LogP contribution >= 0.6 is 0 Å². The molecule has 0 heterocycles. The van der Waals surface area contributed by atoms with Gasteiger partial charge in [0, 0.05) is 6.54 Å². The molecule has 0 spiro atoms. The Morgan fingerprint density at radius 1 is 1.28 bits per heavy atom. The van der Waals surface area contributed by atoms with Crippen LogP contribution in [0.1, 0.15) is 12.5 Å². The quantitative estimate of drug-likeness (QED) is 0.767. The Balaban J connectivity index is 2.59. The molecule has 0 radical (unpaired) electrons. The van der Waals surface area contributed by atoms with Crippen LogP contribution in [0.25, 0.3) is 0 Å². The molecule has 0 fully saturated rings.